The smallest absolute Gasteiger partial charge is 0.457 e. The first kappa shape index (κ1) is 68.5. The first-order valence-corrected chi connectivity index (χ1v) is 31.0. The van der Waals surface area contributed by atoms with Crippen LogP contribution in [0.1, 0.15) is 106 Å². The molecule has 2 aliphatic rings. The number of aromatic nitrogens is 4. The van der Waals surface area contributed by atoms with Crippen molar-refractivity contribution in [2.24, 2.45) is 17.3 Å². The molecule has 0 aliphatic carbocycles. The molecular formula is C63H79N13O13S. The Morgan fingerprint density at radius 3 is 2.41 bits per heavy atom. The number of hydrogen-bond donors (Lipinski definition) is 7. The van der Waals surface area contributed by atoms with E-state index < -0.39 is 60.3 Å². The second-order valence-corrected chi connectivity index (χ2v) is 22.4. The normalized spacial score (nSPS) is 14.2. The monoisotopic (exact) mass is 1260 g/mol. The quantitative estimate of drug-likeness (QED) is 0.00601. The van der Waals surface area contributed by atoms with Crippen LogP contribution in [0.2, 0.25) is 0 Å². The molecule has 0 unspecified atom stereocenters. The van der Waals surface area contributed by atoms with Crippen molar-refractivity contribution in [3.8, 4) is 23.2 Å². The van der Waals surface area contributed by atoms with Gasteiger partial charge in [0.15, 0.2) is 5.16 Å². The summed E-state index contributed by atoms with van der Waals surface area (Å²) < 4.78 is 29.4. The van der Waals surface area contributed by atoms with Gasteiger partial charge in [-0.3, -0.25) is 28.8 Å². The molecule has 5 aromatic rings. The van der Waals surface area contributed by atoms with Crippen molar-refractivity contribution < 1.29 is 57.2 Å². The van der Waals surface area contributed by atoms with Crippen LogP contribution < -0.4 is 44.1 Å². The predicted molar refractivity (Wildman–Crippen MR) is 335 cm³/mol. The Labute approximate surface area is 526 Å². The Bertz CT molecular complexity index is 3540. The van der Waals surface area contributed by atoms with Gasteiger partial charge < -0.3 is 70.9 Å². The van der Waals surface area contributed by atoms with E-state index in [1.807, 2.05) is 44.4 Å². The summed E-state index contributed by atoms with van der Waals surface area (Å²) in [6, 6.07) is 14.7. The van der Waals surface area contributed by atoms with Gasteiger partial charge in [-0.25, -0.2) is 30.4 Å². The van der Waals surface area contributed by atoms with Gasteiger partial charge in [0.1, 0.15) is 32.5 Å². The number of benzene rings is 2. The fourth-order valence-corrected chi connectivity index (χ4v) is 10.5. The Hall–Kier alpha value is -8.94. The number of para-hydroxylation sites is 1. The number of hydrogen-bond acceptors (Lipinski definition) is 21. The van der Waals surface area contributed by atoms with Crippen LogP contribution in [0.5, 0.6) is 0 Å². The molecule has 3 aromatic heterocycles. The number of fused-ring (bicyclic) bond motifs is 5. The highest BCUT2D eigenvalue weighted by Gasteiger charge is 2.51. The molecule has 0 saturated heterocycles. The van der Waals surface area contributed by atoms with Gasteiger partial charge in [0.25, 0.3) is 5.56 Å². The number of carbonyl (C=O) groups excluding carboxylic acids is 7. The van der Waals surface area contributed by atoms with Gasteiger partial charge in [-0.15, -0.1) is 0 Å². The summed E-state index contributed by atoms with van der Waals surface area (Å²) >= 11 is 1.45. The predicted octanol–water partition coefficient (Wildman–Crippen LogP) is 3.77. The molecule has 2 aromatic carbocycles. The first-order valence-electron chi connectivity index (χ1n) is 29.7. The number of unbranched alkanes of at least 4 members (excludes halogenated alkanes) is 2. The van der Waals surface area contributed by atoms with Gasteiger partial charge >= 0.3 is 12.1 Å². The SMILES string of the molecule is CC[C@@]1(OC(=O)OCc2ccc(NC(=O)[C@H](CCCCN)NC(=O)COCC(=O)NCCOCCN(N)/C=C(\N)CNC(=O)CCCC#Cc3cnc(SC)nc3)cc2)C(=O)OCc2c1cc1n(c2=O)Cc2c-1nc1ccccc1c2CCN(C(C)=O)C(C)C. The maximum atomic E-state index is 14.4. The zero-order chi connectivity index (χ0) is 64.7. The number of esters is 1. The van der Waals surface area contributed by atoms with E-state index >= 15 is 0 Å². The molecule has 0 fully saturated rings. The van der Waals surface area contributed by atoms with Crippen LogP contribution >= 0.6 is 11.8 Å². The highest BCUT2D eigenvalue weighted by Crippen LogP contribution is 2.42. The van der Waals surface area contributed by atoms with E-state index in [0.29, 0.717) is 89.8 Å². The molecule has 0 radical (unpaired) electrons. The average Bonchev–Trinajstić information content (AvgIpc) is 1.47. The fourth-order valence-electron chi connectivity index (χ4n) is 10.2. The van der Waals surface area contributed by atoms with Gasteiger partial charge in [-0.05, 0) is 101 Å². The summed E-state index contributed by atoms with van der Waals surface area (Å²) in [5, 5.41) is 13.7. The summed E-state index contributed by atoms with van der Waals surface area (Å²) in [6.07, 6.45) is 8.69. The number of ether oxygens (including phenoxy) is 5. The van der Waals surface area contributed by atoms with Crippen molar-refractivity contribution in [1.82, 2.24) is 45.4 Å². The molecule has 0 spiro atoms. The van der Waals surface area contributed by atoms with Gasteiger partial charge in [0.05, 0.1) is 60.9 Å². The minimum atomic E-state index is -2.03. The molecule has 0 saturated carbocycles. The number of carbonyl (C=O) groups is 7. The maximum Gasteiger partial charge on any atom is 0.510 e. The minimum absolute atomic E-state index is 0.0237. The fraction of sp³-hybridized carbons (Fsp3) is 0.444. The number of nitrogens with zero attached hydrogens (tertiary/aromatic N) is 6. The van der Waals surface area contributed by atoms with E-state index in [1.54, 1.807) is 66.0 Å². The summed E-state index contributed by atoms with van der Waals surface area (Å²) in [6.45, 7) is 7.45. The molecule has 27 heteroatoms. The van der Waals surface area contributed by atoms with Gasteiger partial charge in [0.2, 0.25) is 35.1 Å². The third-order valence-electron chi connectivity index (χ3n) is 14.8. The van der Waals surface area contributed by atoms with Crippen LogP contribution in [-0.4, -0.2) is 149 Å². The number of pyridine rings is 2. The number of thioether (sulfide) groups is 1. The van der Waals surface area contributed by atoms with Crippen LogP contribution in [0.25, 0.3) is 22.3 Å². The first-order chi connectivity index (χ1) is 43.3. The molecule has 5 heterocycles. The Morgan fingerprint density at radius 2 is 1.69 bits per heavy atom. The summed E-state index contributed by atoms with van der Waals surface area (Å²) in [5.74, 6) is 9.26. The van der Waals surface area contributed by atoms with E-state index in [0.717, 1.165) is 16.5 Å². The van der Waals surface area contributed by atoms with E-state index in [1.165, 1.54) is 23.0 Å². The van der Waals surface area contributed by atoms with E-state index in [-0.39, 0.29) is 101 Å². The maximum absolute atomic E-state index is 14.4. The second kappa shape index (κ2) is 33.6. The van der Waals surface area contributed by atoms with E-state index in [2.05, 4.69) is 43.1 Å². The van der Waals surface area contributed by atoms with Crippen molar-refractivity contribution in [2.75, 3.05) is 70.7 Å². The molecule has 10 N–H and O–H groups in total. The van der Waals surface area contributed by atoms with Crippen molar-refractivity contribution in [1.29, 1.82) is 0 Å². The van der Waals surface area contributed by atoms with E-state index in [4.69, 9.17) is 46.0 Å². The lowest BCUT2D eigenvalue weighted by Crippen LogP contribution is -2.47. The van der Waals surface area contributed by atoms with Crippen LogP contribution in [0.15, 0.2) is 88.8 Å². The molecule has 2 atom stereocenters. The van der Waals surface area contributed by atoms with Crippen LogP contribution in [0.4, 0.5) is 10.5 Å². The van der Waals surface area contributed by atoms with Crippen molar-refractivity contribution in [2.45, 2.75) is 122 Å². The number of rotatable bonds is 32. The highest BCUT2D eigenvalue weighted by molar-refractivity contribution is 7.98. The van der Waals surface area contributed by atoms with Crippen molar-refractivity contribution in [3.05, 3.63) is 123 Å². The molecule has 2 aliphatic heterocycles. The van der Waals surface area contributed by atoms with Crippen LogP contribution in [-0.2, 0) is 84.2 Å². The third-order valence-corrected chi connectivity index (χ3v) is 15.4. The zero-order valence-corrected chi connectivity index (χ0v) is 52.2. The number of nitrogens with one attached hydrogen (secondary N) is 4. The second-order valence-electron chi connectivity index (χ2n) is 21.6. The minimum Gasteiger partial charge on any atom is -0.457 e. The molecular weight excluding hydrogens is 1180 g/mol. The molecule has 90 heavy (non-hydrogen) atoms. The van der Waals surface area contributed by atoms with Crippen molar-refractivity contribution >= 4 is 70.0 Å². The molecule has 5 amide bonds. The summed E-state index contributed by atoms with van der Waals surface area (Å²) in [7, 11) is 0. The Balaban J connectivity index is 0.824. The van der Waals surface area contributed by atoms with Gasteiger partial charge in [-0.2, -0.15) is 0 Å². The topological polar surface area (TPSA) is 359 Å². The lowest BCUT2D eigenvalue weighted by Gasteiger charge is -2.35. The largest absolute Gasteiger partial charge is 0.510 e. The molecule has 0 bridgehead atoms. The molecule has 26 nitrogen and oxygen atoms in total. The number of nitrogens with two attached hydrogens (primary N) is 3. The summed E-state index contributed by atoms with van der Waals surface area (Å²) in [5.41, 5.74) is 15.0. The van der Waals surface area contributed by atoms with Crippen LogP contribution in [0, 0.1) is 11.8 Å². The average molecular weight is 1260 g/mol. The van der Waals surface area contributed by atoms with E-state index in [9.17, 15) is 38.4 Å². The third kappa shape index (κ3) is 18.8. The Kier molecular flexibility index (Phi) is 25.6. The lowest BCUT2D eigenvalue weighted by atomic mass is 9.85. The number of amides is 5. The zero-order valence-electron chi connectivity index (χ0n) is 51.4. The van der Waals surface area contributed by atoms with Gasteiger partial charge in [-0.1, -0.05) is 60.9 Å². The van der Waals surface area contributed by atoms with Crippen LogP contribution in [0.3, 0.4) is 0 Å². The number of hydrazine groups is 1. The number of anilines is 1. The van der Waals surface area contributed by atoms with Gasteiger partial charge in [0, 0.05) is 85.4 Å². The molecule has 7 rings (SSSR count). The molecule has 480 valence electrons. The Morgan fingerprint density at radius 1 is 0.933 bits per heavy atom. The number of cyclic esters (lactones) is 1. The summed E-state index contributed by atoms with van der Waals surface area (Å²) in [4.78, 5) is 121. The highest BCUT2D eigenvalue weighted by atomic mass is 32.2. The lowest BCUT2D eigenvalue weighted by molar-refractivity contribution is -0.175. The standard InChI is InChI=1S/C63H79N13O13S/c1-6-63(50-30-53-57-48(35-76(53)59(82)49(50)37-87-60(63)83)46(23-26-75(40(2)3)41(4)77)47-15-10-11-16-51(47)73-57)89-62(84)88-36-42-19-21-45(22-20-42)71-58(81)52(17-12-13-24-64)72-56(80)39-86-38-55(79)67-25-28-85-29-27-74(66)34-44(65)33-68-54(78)18-9-7-8-14-43-31-69-61(90-5)70-32-43/h10-11,15-16,19-22,30-32,34,40,52H,6-7,9,12-13,17-18,23-29,33,35-39,64-66H2,1-5H3,(H,67,79)(H,68,78)(H,71,81)(H,72,80)/b44-34-/t52-,63-/m0/s1. The van der Waals surface area contributed by atoms with Crippen molar-refractivity contribution in [3.63, 3.8) is 0 Å².